The fourth-order valence-corrected chi connectivity index (χ4v) is 3.08. The van der Waals surface area contributed by atoms with E-state index in [1.54, 1.807) is 11.3 Å². The van der Waals surface area contributed by atoms with Gasteiger partial charge in [-0.15, -0.1) is 11.3 Å². The van der Waals surface area contributed by atoms with Crippen LogP contribution in [0.2, 0.25) is 0 Å². The summed E-state index contributed by atoms with van der Waals surface area (Å²) in [6.07, 6.45) is 3.38. The molecule has 0 saturated carbocycles. The summed E-state index contributed by atoms with van der Waals surface area (Å²) in [5, 5.41) is 12.1. The molecule has 0 bridgehead atoms. The van der Waals surface area contributed by atoms with E-state index in [1.807, 2.05) is 12.3 Å². The maximum absolute atomic E-state index is 12.2. The zero-order chi connectivity index (χ0) is 13.8. The fourth-order valence-electron chi connectivity index (χ4n) is 2.34. The third-order valence-corrected chi connectivity index (χ3v) is 4.38. The highest BCUT2D eigenvalue weighted by molar-refractivity contribution is 7.09. The number of aromatic nitrogens is 1. The first kappa shape index (κ1) is 14.0. The summed E-state index contributed by atoms with van der Waals surface area (Å²) in [7, 11) is 0. The number of piperidine rings is 1. The summed E-state index contributed by atoms with van der Waals surface area (Å²) in [4.78, 5) is 29.2. The van der Waals surface area contributed by atoms with Gasteiger partial charge in [-0.25, -0.2) is 9.78 Å². The van der Waals surface area contributed by atoms with Crippen LogP contribution in [0.3, 0.4) is 0 Å². The second kappa shape index (κ2) is 6.14. The van der Waals surface area contributed by atoms with Crippen LogP contribution in [0.5, 0.6) is 0 Å². The lowest BCUT2D eigenvalue weighted by molar-refractivity contribution is -0.151. The van der Waals surface area contributed by atoms with E-state index in [-0.39, 0.29) is 12.3 Å². The molecule has 6 heteroatoms. The molecule has 0 spiro atoms. The van der Waals surface area contributed by atoms with Crippen LogP contribution in [0.4, 0.5) is 0 Å². The van der Waals surface area contributed by atoms with Crippen molar-refractivity contribution in [1.29, 1.82) is 0 Å². The van der Waals surface area contributed by atoms with Crippen LogP contribution >= 0.6 is 11.3 Å². The molecule has 1 unspecified atom stereocenters. The van der Waals surface area contributed by atoms with Crippen LogP contribution in [0.1, 0.15) is 36.9 Å². The molecule has 0 radical (unpaired) electrons. The smallest absolute Gasteiger partial charge is 0.326 e. The number of carboxylic acid groups (broad SMARTS) is 1. The van der Waals surface area contributed by atoms with Gasteiger partial charge >= 0.3 is 5.97 Å². The van der Waals surface area contributed by atoms with Crippen molar-refractivity contribution in [2.24, 2.45) is 0 Å². The highest BCUT2D eigenvalue weighted by Gasteiger charge is 2.31. The summed E-state index contributed by atoms with van der Waals surface area (Å²) in [6.45, 7) is 2.57. The maximum atomic E-state index is 12.2. The molecule has 1 amide bonds. The third kappa shape index (κ3) is 3.32. The molecule has 19 heavy (non-hydrogen) atoms. The largest absolute Gasteiger partial charge is 0.480 e. The summed E-state index contributed by atoms with van der Waals surface area (Å²) >= 11 is 1.55. The second-order valence-corrected chi connectivity index (χ2v) is 5.64. The molecule has 1 fully saturated rings. The molecular weight excluding hydrogens is 264 g/mol. The van der Waals surface area contributed by atoms with E-state index in [0.29, 0.717) is 13.0 Å². The number of aryl methyl sites for hydroxylation is 1. The zero-order valence-corrected chi connectivity index (χ0v) is 11.8. The Kier molecular flexibility index (Phi) is 4.52. The number of rotatable bonds is 4. The molecule has 5 nitrogen and oxygen atoms in total. The molecule has 1 aliphatic heterocycles. The number of hydrogen-bond acceptors (Lipinski definition) is 4. The van der Waals surface area contributed by atoms with Gasteiger partial charge in [-0.1, -0.05) is 6.92 Å². The summed E-state index contributed by atoms with van der Waals surface area (Å²) in [5.41, 5.74) is 0.751. The average Bonchev–Trinajstić information content (AvgIpc) is 2.86. The summed E-state index contributed by atoms with van der Waals surface area (Å²) < 4.78 is 0. The number of aliphatic carboxylic acids is 1. The Morgan fingerprint density at radius 2 is 2.32 bits per heavy atom. The van der Waals surface area contributed by atoms with Gasteiger partial charge in [0.05, 0.1) is 17.1 Å². The number of carboxylic acids is 1. The van der Waals surface area contributed by atoms with Gasteiger partial charge in [-0.3, -0.25) is 4.79 Å². The van der Waals surface area contributed by atoms with Gasteiger partial charge in [0.25, 0.3) is 0 Å². The zero-order valence-electron chi connectivity index (χ0n) is 11.0. The highest BCUT2D eigenvalue weighted by Crippen LogP contribution is 2.19. The number of carbonyl (C=O) groups is 2. The predicted octanol–water partition coefficient (Wildman–Crippen LogP) is 1.71. The van der Waals surface area contributed by atoms with E-state index in [2.05, 4.69) is 4.98 Å². The first-order valence-corrected chi connectivity index (χ1v) is 7.45. The van der Waals surface area contributed by atoms with Gasteiger partial charge in [0, 0.05) is 11.9 Å². The Bertz CT molecular complexity index is 472. The minimum atomic E-state index is -0.902. The van der Waals surface area contributed by atoms with Crippen LogP contribution in [0.15, 0.2) is 5.38 Å². The Balaban J connectivity index is 2.03. The monoisotopic (exact) mass is 282 g/mol. The quantitative estimate of drug-likeness (QED) is 0.912. The first-order valence-electron chi connectivity index (χ1n) is 6.57. The van der Waals surface area contributed by atoms with Crippen LogP contribution in [-0.4, -0.2) is 39.5 Å². The van der Waals surface area contributed by atoms with Gasteiger partial charge in [-0.2, -0.15) is 0 Å². The third-order valence-electron chi connectivity index (χ3n) is 3.34. The highest BCUT2D eigenvalue weighted by atomic mass is 32.1. The number of amides is 1. The lowest BCUT2D eigenvalue weighted by Crippen LogP contribution is -2.48. The Hall–Kier alpha value is -1.43. The van der Waals surface area contributed by atoms with Gasteiger partial charge in [-0.05, 0) is 25.7 Å². The van der Waals surface area contributed by atoms with Crippen LogP contribution in [0.25, 0.3) is 0 Å². The molecule has 1 aromatic rings. The molecular formula is C13H18N2O3S. The Labute approximate surface area is 116 Å². The van der Waals surface area contributed by atoms with Gasteiger partial charge in [0.15, 0.2) is 0 Å². The fraction of sp³-hybridized carbons (Fsp3) is 0.615. The van der Waals surface area contributed by atoms with Crippen molar-refractivity contribution in [1.82, 2.24) is 9.88 Å². The van der Waals surface area contributed by atoms with Crippen molar-refractivity contribution in [3.05, 3.63) is 16.1 Å². The minimum absolute atomic E-state index is 0.125. The van der Waals surface area contributed by atoms with Crippen LogP contribution < -0.4 is 0 Å². The van der Waals surface area contributed by atoms with Crippen molar-refractivity contribution in [2.45, 2.75) is 45.1 Å². The number of nitrogens with zero attached hydrogens (tertiary/aromatic N) is 2. The molecule has 1 saturated heterocycles. The number of thiazole rings is 1. The molecule has 1 aromatic heterocycles. The average molecular weight is 282 g/mol. The molecule has 2 heterocycles. The van der Waals surface area contributed by atoms with Crippen molar-refractivity contribution in [3.63, 3.8) is 0 Å². The lowest BCUT2D eigenvalue weighted by atomic mass is 10.0. The number of likely N-dealkylation sites (tertiary alicyclic amines) is 1. The predicted molar refractivity (Wildman–Crippen MR) is 72.2 cm³/mol. The Morgan fingerprint density at radius 1 is 1.53 bits per heavy atom. The molecule has 0 aliphatic carbocycles. The summed E-state index contributed by atoms with van der Waals surface area (Å²) in [6, 6.07) is -0.662. The minimum Gasteiger partial charge on any atom is -0.480 e. The van der Waals surface area contributed by atoms with E-state index in [1.165, 1.54) is 4.90 Å². The van der Waals surface area contributed by atoms with Crippen molar-refractivity contribution in [2.75, 3.05) is 6.54 Å². The van der Waals surface area contributed by atoms with Crippen molar-refractivity contribution in [3.8, 4) is 0 Å². The Morgan fingerprint density at radius 3 is 2.95 bits per heavy atom. The van der Waals surface area contributed by atoms with Crippen molar-refractivity contribution < 1.29 is 14.7 Å². The topological polar surface area (TPSA) is 70.5 Å². The molecule has 1 N–H and O–H groups in total. The molecule has 1 aliphatic rings. The molecule has 0 aromatic carbocycles. The normalized spacial score (nSPS) is 19.4. The van der Waals surface area contributed by atoms with E-state index >= 15 is 0 Å². The first-order chi connectivity index (χ1) is 9.11. The van der Waals surface area contributed by atoms with Crippen molar-refractivity contribution >= 4 is 23.2 Å². The molecule has 1 atom stereocenters. The second-order valence-electron chi connectivity index (χ2n) is 4.70. The van der Waals surface area contributed by atoms with E-state index in [4.69, 9.17) is 5.11 Å². The number of carbonyl (C=O) groups excluding carboxylic acids is 1. The van der Waals surface area contributed by atoms with Gasteiger partial charge in [0.1, 0.15) is 6.04 Å². The van der Waals surface area contributed by atoms with E-state index in [9.17, 15) is 9.59 Å². The van der Waals surface area contributed by atoms with Crippen LogP contribution in [0, 0.1) is 0 Å². The SMILES string of the molecule is CCc1nc(CC(=O)N2CCCCC2C(=O)O)cs1. The lowest BCUT2D eigenvalue weighted by Gasteiger charge is -2.32. The standard InChI is InChI=1S/C13H18N2O3S/c1-2-11-14-9(8-19-11)7-12(16)15-6-4-3-5-10(15)13(17)18/h8,10H,2-7H2,1H3,(H,17,18). The molecule has 2 rings (SSSR count). The summed E-state index contributed by atoms with van der Waals surface area (Å²) in [5.74, 6) is -1.03. The van der Waals surface area contributed by atoms with E-state index < -0.39 is 12.0 Å². The van der Waals surface area contributed by atoms with Gasteiger partial charge < -0.3 is 10.0 Å². The van der Waals surface area contributed by atoms with Crippen LogP contribution in [-0.2, 0) is 22.4 Å². The molecule has 104 valence electrons. The number of hydrogen-bond donors (Lipinski definition) is 1. The van der Waals surface area contributed by atoms with Gasteiger partial charge in [0.2, 0.25) is 5.91 Å². The maximum Gasteiger partial charge on any atom is 0.326 e. The van der Waals surface area contributed by atoms with E-state index in [0.717, 1.165) is 30.0 Å².